The summed E-state index contributed by atoms with van der Waals surface area (Å²) in [5, 5.41) is 28.7. The second-order valence-corrected chi connectivity index (χ2v) is 12.9. The molecule has 57 heavy (non-hydrogen) atoms. The molecule has 4 heterocycles. The molecule has 0 unspecified atom stereocenters. The van der Waals surface area contributed by atoms with Crippen molar-refractivity contribution in [3.8, 4) is 34.1 Å². The summed E-state index contributed by atoms with van der Waals surface area (Å²) in [6, 6.07) is 13.5. The molecule has 4 aromatic heterocycles. The number of hydrogen-bond donors (Lipinski definition) is 3. The number of aliphatic hydroxyl groups is 3. The molecule has 0 aliphatic rings. The highest BCUT2D eigenvalue weighted by atomic mass is 16.3. The van der Waals surface area contributed by atoms with Gasteiger partial charge in [-0.05, 0) is 92.1 Å². The van der Waals surface area contributed by atoms with E-state index in [1.165, 1.54) is 87.3 Å². The molecule has 0 aliphatic heterocycles. The predicted molar refractivity (Wildman–Crippen MR) is 205 cm³/mol. The molecule has 0 saturated carbocycles. The minimum atomic E-state index is -1.02. The summed E-state index contributed by atoms with van der Waals surface area (Å²) >= 11 is 0. The first kappa shape index (κ1) is 37.9. The van der Waals surface area contributed by atoms with E-state index in [1.807, 2.05) is 0 Å². The third-order valence-electron chi connectivity index (χ3n) is 9.43. The summed E-state index contributed by atoms with van der Waals surface area (Å²) in [6.07, 6.45) is 8.27. The smallest absolute Gasteiger partial charge is 0.345 e. The van der Waals surface area contributed by atoms with Gasteiger partial charge in [0, 0.05) is 54.2 Å². The first-order valence-electron chi connectivity index (χ1n) is 17.3. The van der Waals surface area contributed by atoms with Crippen molar-refractivity contribution in [1.82, 2.24) is 42.4 Å². The topological polar surface area (TPSA) is 231 Å². The molecule has 7 rings (SSSR count). The summed E-state index contributed by atoms with van der Waals surface area (Å²) in [7, 11) is 0. The van der Waals surface area contributed by atoms with E-state index in [2.05, 4.69) is 15.0 Å². The van der Waals surface area contributed by atoms with Gasteiger partial charge in [-0.2, -0.15) is 0 Å². The Balaban J connectivity index is 1.48. The van der Waals surface area contributed by atoms with Crippen LogP contribution in [0.25, 0.3) is 34.1 Å². The Morgan fingerprint density at radius 3 is 0.930 bits per heavy atom. The molecular formula is C39H33N9O9. The van der Waals surface area contributed by atoms with E-state index in [4.69, 9.17) is 0 Å². The van der Waals surface area contributed by atoms with Crippen LogP contribution in [-0.2, 0) is 19.8 Å². The van der Waals surface area contributed by atoms with Crippen molar-refractivity contribution in [1.29, 1.82) is 0 Å². The maximum atomic E-state index is 14.6. The Bertz CT molecular complexity index is 2760. The van der Waals surface area contributed by atoms with Crippen LogP contribution < -0.4 is 33.7 Å². The van der Waals surface area contributed by atoms with Gasteiger partial charge < -0.3 is 15.3 Å². The van der Waals surface area contributed by atoms with Crippen LogP contribution in [0.4, 0.5) is 0 Å². The van der Waals surface area contributed by atoms with Gasteiger partial charge in [-0.15, -0.1) is 0 Å². The van der Waals surface area contributed by atoms with Crippen LogP contribution in [0.5, 0.6) is 0 Å². The number of hydrogen-bond acceptors (Lipinski definition) is 12. The Labute approximate surface area is 320 Å². The summed E-state index contributed by atoms with van der Waals surface area (Å²) in [5.41, 5.74) is -2.60. The highest BCUT2D eigenvalue weighted by molar-refractivity contribution is 5.52. The zero-order valence-electron chi connectivity index (χ0n) is 30.6. The molecular weight excluding hydrogens is 738 g/mol. The van der Waals surface area contributed by atoms with E-state index in [0.717, 1.165) is 13.7 Å². The fourth-order valence-corrected chi connectivity index (χ4v) is 6.58. The lowest BCUT2D eigenvalue weighted by Crippen LogP contribution is -2.53. The van der Waals surface area contributed by atoms with Gasteiger partial charge in [0.05, 0.1) is 36.9 Å². The molecule has 288 valence electrons. The van der Waals surface area contributed by atoms with Crippen molar-refractivity contribution >= 4 is 0 Å². The zero-order chi connectivity index (χ0) is 40.7. The van der Waals surface area contributed by atoms with Crippen molar-refractivity contribution in [2.75, 3.05) is 0 Å². The molecule has 0 radical (unpaired) electrons. The maximum absolute atomic E-state index is 14.6. The van der Waals surface area contributed by atoms with Gasteiger partial charge in [-0.3, -0.25) is 43.0 Å². The number of aliphatic hydroxyl groups excluding tert-OH is 3. The van der Waals surface area contributed by atoms with Crippen LogP contribution in [0.3, 0.4) is 0 Å². The predicted octanol–water partition coefficient (Wildman–Crippen LogP) is 0.179. The number of aromatic nitrogens is 9. The second-order valence-electron chi connectivity index (χ2n) is 12.9. The molecule has 0 amide bonds. The third-order valence-corrected chi connectivity index (χ3v) is 9.43. The van der Waals surface area contributed by atoms with E-state index >= 15 is 0 Å². The van der Waals surface area contributed by atoms with Gasteiger partial charge in [0.25, 0.3) is 16.7 Å². The molecule has 0 bridgehead atoms. The summed E-state index contributed by atoms with van der Waals surface area (Å²) in [6.45, 7) is 3.10. The Kier molecular flexibility index (Phi) is 9.99. The van der Waals surface area contributed by atoms with Crippen molar-refractivity contribution in [2.24, 2.45) is 0 Å². The minimum absolute atomic E-state index is 0.0847. The molecule has 3 N–H and O–H groups in total. The molecule has 0 saturated heterocycles. The van der Waals surface area contributed by atoms with E-state index in [-0.39, 0.29) is 34.1 Å². The van der Waals surface area contributed by atoms with Crippen LogP contribution >= 0.6 is 0 Å². The van der Waals surface area contributed by atoms with Crippen molar-refractivity contribution in [2.45, 2.75) is 40.6 Å². The van der Waals surface area contributed by atoms with Crippen LogP contribution in [0.2, 0.25) is 0 Å². The number of nitrogens with zero attached hydrogens (tertiary/aromatic N) is 9. The van der Waals surface area contributed by atoms with Crippen molar-refractivity contribution in [3.05, 3.63) is 188 Å². The molecule has 0 spiro atoms. The van der Waals surface area contributed by atoms with Gasteiger partial charge in [-0.1, -0.05) is 0 Å². The summed E-state index contributed by atoms with van der Waals surface area (Å²) < 4.78 is 6.25. The normalized spacial score (nSPS) is 11.3. The molecule has 18 heteroatoms. The van der Waals surface area contributed by atoms with Crippen molar-refractivity contribution in [3.63, 3.8) is 0 Å². The zero-order valence-corrected chi connectivity index (χ0v) is 30.6. The molecule has 7 aromatic rings. The average Bonchev–Trinajstić information content (AvgIpc) is 3.20. The molecule has 3 aromatic carbocycles. The van der Waals surface area contributed by atoms with Gasteiger partial charge in [0.1, 0.15) is 17.1 Å². The van der Waals surface area contributed by atoms with Crippen LogP contribution in [0, 0.1) is 20.8 Å². The third kappa shape index (κ3) is 6.48. The van der Waals surface area contributed by atoms with Crippen LogP contribution in [0.15, 0.2) is 121 Å². The molecule has 0 atom stereocenters. The van der Waals surface area contributed by atoms with E-state index in [9.17, 15) is 44.1 Å². The Morgan fingerprint density at radius 1 is 0.439 bits per heavy atom. The highest BCUT2D eigenvalue weighted by Gasteiger charge is 2.23. The molecule has 18 nitrogen and oxygen atoms in total. The Hall–Kier alpha value is -7.41. The van der Waals surface area contributed by atoms with E-state index in [1.54, 1.807) is 39.0 Å². The minimum Gasteiger partial charge on any atom is -0.390 e. The lowest BCUT2D eigenvalue weighted by atomic mass is 10.1. The van der Waals surface area contributed by atoms with Gasteiger partial charge in [0.15, 0.2) is 0 Å². The summed E-state index contributed by atoms with van der Waals surface area (Å²) in [4.78, 5) is 94.2. The fourth-order valence-electron chi connectivity index (χ4n) is 6.58. The van der Waals surface area contributed by atoms with E-state index < -0.39 is 53.6 Å². The SMILES string of the molecule is Cc1cc(-n2ccnc(CO)c2=O)ccc1-n1c(=O)n(-c2ccc(-n3ccnc(CO)c3=O)cc2C)c(=O)n(-c2ccc(-n3ccnc(CO)c3=O)cc2C)c1=O. The molecule has 0 fully saturated rings. The molecule has 0 aliphatic carbocycles. The maximum Gasteiger partial charge on any atom is 0.345 e. The lowest BCUT2D eigenvalue weighted by Gasteiger charge is -2.19. The van der Waals surface area contributed by atoms with Crippen LogP contribution in [-0.4, -0.2) is 57.7 Å². The lowest BCUT2D eigenvalue weighted by molar-refractivity contribution is 0.274. The van der Waals surface area contributed by atoms with Gasteiger partial charge >= 0.3 is 17.1 Å². The van der Waals surface area contributed by atoms with Gasteiger partial charge in [0.2, 0.25) is 0 Å². The van der Waals surface area contributed by atoms with Gasteiger partial charge in [-0.25, -0.2) is 28.1 Å². The van der Waals surface area contributed by atoms with Crippen molar-refractivity contribution < 1.29 is 15.3 Å². The average molecular weight is 772 g/mol. The largest absolute Gasteiger partial charge is 0.390 e. The first-order valence-corrected chi connectivity index (χ1v) is 17.3. The fraction of sp³-hybridized carbons (Fsp3) is 0.154. The number of aryl methyl sites for hydroxylation is 3. The quantitative estimate of drug-likeness (QED) is 0.179. The first-order chi connectivity index (χ1) is 27.4. The Morgan fingerprint density at radius 2 is 0.702 bits per heavy atom. The van der Waals surface area contributed by atoms with E-state index in [0.29, 0.717) is 33.8 Å². The summed E-state index contributed by atoms with van der Waals surface area (Å²) in [5.74, 6) is 0. The van der Waals surface area contributed by atoms with Crippen LogP contribution in [0.1, 0.15) is 33.8 Å². The number of rotatable bonds is 9. The standard InChI is InChI=1S/C39H33N9O9/c1-22-16-25(43-13-10-40-28(19-49)34(43)52)4-7-31(22)46-37(55)47(32-8-5-26(17-23(32)2)44-14-11-41-29(20-50)35(44)53)39(57)48(38(46)56)33-9-6-27(18-24(33)3)45-15-12-42-30(21-51)36(45)54/h4-18,49-51H,19-21H2,1-3H3. The number of benzene rings is 3. The monoisotopic (exact) mass is 771 g/mol. The highest BCUT2D eigenvalue weighted by Crippen LogP contribution is 2.20. The second kappa shape index (κ2) is 15.0.